The van der Waals surface area contributed by atoms with Crippen molar-refractivity contribution in [3.8, 4) is 0 Å². The molecule has 0 atom stereocenters. The largest absolute Gasteiger partial charge is 0.266 e. The first-order valence-electron chi connectivity index (χ1n) is 9.91. The second kappa shape index (κ2) is 8.10. The molecular formula is C25H21N4P. The van der Waals surface area contributed by atoms with Crippen LogP contribution in [0.5, 0.6) is 0 Å². The molecule has 1 aromatic heterocycles. The van der Waals surface area contributed by atoms with Crippen LogP contribution in [-0.2, 0) is 6.67 Å². The molecule has 0 aliphatic heterocycles. The molecule has 5 rings (SSSR count). The third-order valence-electron chi connectivity index (χ3n) is 5.22. The highest BCUT2D eigenvalue weighted by atomic mass is 31.2. The Bertz CT molecular complexity index is 1210. The molecule has 146 valence electrons. The predicted octanol–water partition coefficient (Wildman–Crippen LogP) is 4.57. The topological polar surface area (TPSA) is 43.1 Å². The van der Waals surface area contributed by atoms with E-state index in [2.05, 4.69) is 101 Å². The van der Waals surface area contributed by atoms with Gasteiger partial charge < -0.3 is 0 Å². The van der Waals surface area contributed by atoms with E-state index in [1.165, 1.54) is 15.9 Å². The Morgan fingerprint density at radius 1 is 0.600 bits per heavy atom. The van der Waals surface area contributed by atoms with E-state index in [-0.39, 0.29) is 0 Å². The summed E-state index contributed by atoms with van der Waals surface area (Å²) in [5, 5.41) is 12.4. The molecule has 30 heavy (non-hydrogen) atoms. The van der Waals surface area contributed by atoms with Crippen LogP contribution in [0.4, 0.5) is 0 Å². The lowest BCUT2D eigenvalue weighted by atomic mass is 10.3. The van der Waals surface area contributed by atoms with E-state index in [4.69, 9.17) is 4.74 Å². The summed E-state index contributed by atoms with van der Waals surface area (Å²) in [5.74, 6) is 0. The maximum atomic E-state index is 5.43. The molecule has 5 aromatic rings. The highest BCUT2D eigenvalue weighted by Gasteiger charge is 2.26. The number of hydrogen-bond acceptors (Lipinski definition) is 3. The van der Waals surface area contributed by atoms with Gasteiger partial charge in [-0.05, 0) is 12.1 Å². The quantitative estimate of drug-likeness (QED) is 0.400. The predicted molar refractivity (Wildman–Crippen MR) is 125 cm³/mol. The van der Waals surface area contributed by atoms with Crippen molar-refractivity contribution in [3.05, 3.63) is 115 Å². The van der Waals surface area contributed by atoms with Gasteiger partial charge in [-0.2, -0.15) is 0 Å². The smallest absolute Gasteiger partial charge is 0.133 e. The molecular weight excluding hydrogens is 387 g/mol. The van der Waals surface area contributed by atoms with E-state index >= 15 is 0 Å². The van der Waals surface area contributed by atoms with Crippen LogP contribution in [-0.4, -0.2) is 15.0 Å². The van der Waals surface area contributed by atoms with Gasteiger partial charge in [0, 0.05) is 15.9 Å². The summed E-state index contributed by atoms with van der Waals surface area (Å²) < 4.78 is 7.32. The Labute approximate surface area is 175 Å². The first-order valence-corrected chi connectivity index (χ1v) is 11.7. The zero-order chi connectivity index (χ0) is 20.2. The Morgan fingerprint density at radius 3 is 1.60 bits per heavy atom. The molecule has 0 amide bonds. The monoisotopic (exact) mass is 408 g/mol. The maximum Gasteiger partial charge on any atom is 0.133 e. The van der Waals surface area contributed by atoms with Crippen molar-refractivity contribution in [2.45, 2.75) is 6.67 Å². The van der Waals surface area contributed by atoms with Gasteiger partial charge in [-0.1, -0.05) is 108 Å². The van der Waals surface area contributed by atoms with E-state index in [1.54, 1.807) is 0 Å². The highest BCUT2D eigenvalue weighted by molar-refractivity contribution is 7.87. The third-order valence-corrected chi connectivity index (χ3v) is 8.91. The summed E-state index contributed by atoms with van der Waals surface area (Å²) in [5.41, 5.74) is 1.88. The van der Waals surface area contributed by atoms with Gasteiger partial charge in [0.05, 0.1) is 12.6 Å². The van der Waals surface area contributed by atoms with Crippen LogP contribution in [0.1, 0.15) is 0 Å². The first kappa shape index (κ1) is 18.5. The van der Waals surface area contributed by atoms with Gasteiger partial charge >= 0.3 is 0 Å². The zero-order valence-corrected chi connectivity index (χ0v) is 17.3. The van der Waals surface area contributed by atoms with Gasteiger partial charge in [-0.25, -0.2) is 4.68 Å². The third kappa shape index (κ3) is 3.26. The summed E-state index contributed by atoms with van der Waals surface area (Å²) in [4.78, 5) is 0. The number of fused-ring (bicyclic) bond motifs is 1. The van der Waals surface area contributed by atoms with Crippen molar-refractivity contribution in [1.29, 1.82) is 0 Å². The minimum atomic E-state index is -2.24. The van der Waals surface area contributed by atoms with Crippen LogP contribution in [0.15, 0.2) is 120 Å². The molecule has 5 heteroatoms. The number of aromatic nitrogens is 3. The van der Waals surface area contributed by atoms with Crippen LogP contribution in [0, 0.1) is 0 Å². The highest BCUT2D eigenvalue weighted by Crippen LogP contribution is 2.46. The average Bonchev–Trinajstić information content (AvgIpc) is 3.25. The van der Waals surface area contributed by atoms with E-state index in [9.17, 15) is 0 Å². The molecule has 0 unspecified atom stereocenters. The standard InChI is InChI=1S/C25H21N4P/c1-4-12-21(13-5-1)30(22-14-6-2-7-15-22,23-16-8-3-9-17-23)26-20-29-25-19-11-10-18-24(25)27-28-29/h1-19H,20H2. The Morgan fingerprint density at radius 2 is 1.07 bits per heavy atom. The Balaban J connectivity index is 1.78. The Kier molecular flexibility index (Phi) is 5.00. The summed E-state index contributed by atoms with van der Waals surface area (Å²) in [7, 11) is -2.24. The fraction of sp³-hybridized carbons (Fsp3) is 0.0400. The molecule has 4 aromatic carbocycles. The summed E-state index contributed by atoms with van der Waals surface area (Å²) >= 11 is 0. The second-order valence-electron chi connectivity index (χ2n) is 7.00. The molecule has 0 aliphatic carbocycles. The van der Waals surface area contributed by atoms with Gasteiger partial charge in [0.2, 0.25) is 0 Å². The minimum absolute atomic E-state index is 0.437. The van der Waals surface area contributed by atoms with Gasteiger partial charge in [0.1, 0.15) is 12.2 Å². The lowest BCUT2D eigenvalue weighted by Crippen LogP contribution is -2.25. The van der Waals surface area contributed by atoms with Crippen molar-refractivity contribution in [3.63, 3.8) is 0 Å². The molecule has 0 aliphatic rings. The van der Waals surface area contributed by atoms with Crippen molar-refractivity contribution in [1.82, 2.24) is 15.0 Å². The van der Waals surface area contributed by atoms with Crippen LogP contribution in [0.2, 0.25) is 0 Å². The fourth-order valence-corrected chi connectivity index (χ4v) is 7.30. The van der Waals surface area contributed by atoms with Crippen molar-refractivity contribution < 1.29 is 0 Å². The fourth-order valence-electron chi connectivity index (χ4n) is 3.80. The average molecular weight is 408 g/mol. The molecule has 0 saturated heterocycles. The van der Waals surface area contributed by atoms with Crippen LogP contribution in [0.25, 0.3) is 11.0 Å². The molecule has 0 bridgehead atoms. The van der Waals surface area contributed by atoms with Gasteiger partial charge in [-0.15, -0.1) is 5.10 Å². The zero-order valence-electron chi connectivity index (χ0n) is 16.4. The summed E-state index contributed by atoms with van der Waals surface area (Å²) in [6.45, 7) is 0.437. The lowest BCUT2D eigenvalue weighted by Gasteiger charge is -2.27. The Hall–Kier alpha value is -3.49. The van der Waals surface area contributed by atoms with Crippen molar-refractivity contribution in [2.24, 2.45) is 4.74 Å². The number of rotatable bonds is 5. The van der Waals surface area contributed by atoms with E-state index in [0.717, 1.165) is 11.0 Å². The van der Waals surface area contributed by atoms with Crippen LogP contribution >= 0.6 is 7.05 Å². The minimum Gasteiger partial charge on any atom is -0.266 e. The number of para-hydroxylation sites is 1. The van der Waals surface area contributed by atoms with Gasteiger partial charge in [0.25, 0.3) is 0 Å². The van der Waals surface area contributed by atoms with E-state index in [0.29, 0.717) is 6.67 Å². The normalized spacial score (nSPS) is 11.5. The first-order chi connectivity index (χ1) is 14.9. The molecule has 0 N–H and O–H groups in total. The number of benzene rings is 4. The summed E-state index contributed by atoms with van der Waals surface area (Å²) in [6.07, 6.45) is 0. The van der Waals surface area contributed by atoms with Crippen LogP contribution < -0.4 is 15.9 Å². The van der Waals surface area contributed by atoms with Crippen molar-refractivity contribution >= 4 is 34.0 Å². The summed E-state index contributed by atoms with van der Waals surface area (Å²) in [6, 6.07) is 39.9. The van der Waals surface area contributed by atoms with Gasteiger partial charge in [-0.3, -0.25) is 4.74 Å². The number of hydrogen-bond donors (Lipinski definition) is 0. The molecule has 1 heterocycles. The molecule has 0 saturated carbocycles. The molecule has 0 spiro atoms. The van der Waals surface area contributed by atoms with Crippen LogP contribution in [0.3, 0.4) is 0 Å². The van der Waals surface area contributed by atoms with Crippen molar-refractivity contribution in [2.75, 3.05) is 0 Å². The SMILES string of the molecule is c1ccc(P(=NCn2nnc3ccccc32)(c2ccccc2)c2ccccc2)cc1. The van der Waals surface area contributed by atoms with E-state index < -0.39 is 7.05 Å². The molecule has 0 radical (unpaired) electrons. The second-order valence-corrected chi connectivity index (χ2v) is 10.1. The number of nitrogens with zero attached hydrogens (tertiary/aromatic N) is 4. The molecule has 4 nitrogen and oxygen atoms in total. The van der Waals surface area contributed by atoms with E-state index in [1.807, 2.05) is 28.9 Å². The lowest BCUT2D eigenvalue weighted by molar-refractivity contribution is 0.633. The maximum absolute atomic E-state index is 5.43. The van der Waals surface area contributed by atoms with Gasteiger partial charge in [0.15, 0.2) is 0 Å². The molecule has 0 fully saturated rings.